The highest BCUT2D eigenvalue weighted by molar-refractivity contribution is 5.13. The molecule has 0 aliphatic carbocycles. The molecular formula is C12H21N. The van der Waals surface area contributed by atoms with Crippen molar-refractivity contribution < 1.29 is 0 Å². The van der Waals surface area contributed by atoms with Gasteiger partial charge in [0.1, 0.15) is 0 Å². The van der Waals surface area contributed by atoms with Crippen LogP contribution in [0.15, 0.2) is 36.5 Å². The largest absolute Gasteiger partial charge is 0.296 e. The van der Waals surface area contributed by atoms with Gasteiger partial charge in [-0.05, 0) is 20.4 Å². The molecule has 0 aliphatic rings. The van der Waals surface area contributed by atoms with Gasteiger partial charge in [0.25, 0.3) is 0 Å². The van der Waals surface area contributed by atoms with Crippen LogP contribution >= 0.6 is 0 Å². The summed E-state index contributed by atoms with van der Waals surface area (Å²) in [6.45, 7) is 13.2. The first-order valence-electron chi connectivity index (χ1n) is 4.87. The molecule has 1 nitrogen and oxygen atoms in total. The monoisotopic (exact) mass is 179 g/mol. The van der Waals surface area contributed by atoms with E-state index < -0.39 is 0 Å². The fourth-order valence-electron chi connectivity index (χ4n) is 0.944. The van der Waals surface area contributed by atoms with E-state index in [1.165, 1.54) is 5.57 Å². The second-order valence-corrected chi connectivity index (χ2v) is 3.07. The Morgan fingerprint density at radius 1 is 1.38 bits per heavy atom. The molecule has 13 heavy (non-hydrogen) atoms. The van der Waals surface area contributed by atoms with Crippen molar-refractivity contribution in [1.29, 1.82) is 0 Å². The number of nitrogens with zero attached hydrogens (tertiary/aromatic N) is 1. The lowest BCUT2D eigenvalue weighted by molar-refractivity contribution is 0.354. The minimum atomic E-state index is 1.01. The summed E-state index contributed by atoms with van der Waals surface area (Å²) in [5.41, 5.74) is 1.25. The first-order valence-corrected chi connectivity index (χ1v) is 4.87. The summed E-state index contributed by atoms with van der Waals surface area (Å²) >= 11 is 0. The van der Waals surface area contributed by atoms with E-state index in [-0.39, 0.29) is 0 Å². The molecule has 0 bridgehead atoms. The summed E-state index contributed by atoms with van der Waals surface area (Å²) in [4.78, 5) is 2.37. The summed E-state index contributed by atoms with van der Waals surface area (Å²) in [6, 6.07) is 0. The number of rotatable bonds is 6. The summed E-state index contributed by atoms with van der Waals surface area (Å²) in [5.74, 6) is 0. The van der Waals surface area contributed by atoms with Crippen molar-refractivity contribution in [3.63, 3.8) is 0 Å². The maximum atomic E-state index is 3.73. The quantitative estimate of drug-likeness (QED) is 0.447. The fourth-order valence-corrected chi connectivity index (χ4v) is 0.944. The van der Waals surface area contributed by atoms with Crippen LogP contribution in [0.25, 0.3) is 0 Å². The average molecular weight is 179 g/mol. The Kier molecular flexibility index (Phi) is 7.32. The molecule has 0 rings (SSSR count). The van der Waals surface area contributed by atoms with Gasteiger partial charge >= 0.3 is 0 Å². The SMILES string of the molecule is C=C/C(C)=C/CN(CC)C/C=C\C. The van der Waals surface area contributed by atoms with E-state index in [0.29, 0.717) is 0 Å². The Morgan fingerprint density at radius 3 is 2.54 bits per heavy atom. The second-order valence-electron chi connectivity index (χ2n) is 3.07. The molecule has 0 fully saturated rings. The second kappa shape index (κ2) is 7.81. The van der Waals surface area contributed by atoms with Gasteiger partial charge < -0.3 is 0 Å². The van der Waals surface area contributed by atoms with Crippen molar-refractivity contribution in [2.24, 2.45) is 0 Å². The topological polar surface area (TPSA) is 3.24 Å². The highest BCUT2D eigenvalue weighted by atomic mass is 15.1. The standard InChI is InChI=1S/C12H21N/c1-5-8-10-13(7-3)11-9-12(4)6-2/h5-6,8-9H,2,7,10-11H2,1,3-4H3/b8-5-,12-9+. The van der Waals surface area contributed by atoms with E-state index >= 15 is 0 Å². The van der Waals surface area contributed by atoms with Crippen LogP contribution in [-0.4, -0.2) is 24.5 Å². The normalized spacial score (nSPS) is 12.8. The molecule has 0 amide bonds. The molecule has 0 saturated heterocycles. The van der Waals surface area contributed by atoms with Crippen LogP contribution in [0.5, 0.6) is 0 Å². The third-order valence-corrected chi connectivity index (χ3v) is 2.04. The lowest BCUT2D eigenvalue weighted by atomic mass is 10.2. The Bertz CT molecular complexity index is 189. The molecule has 0 N–H and O–H groups in total. The zero-order chi connectivity index (χ0) is 10.1. The van der Waals surface area contributed by atoms with Gasteiger partial charge in [0.15, 0.2) is 0 Å². The molecular weight excluding hydrogens is 158 g/mol. The first-order chi connectivity index (χ1) is 6.24. The molecule has 0 aromatic heterocycles. The number of hydrogen-bond acceptors (Lipinski definition) is 1. The molecule has 0 aromatic rings. The van der Waals surface area contributed by atoms with Crippen molar-refractivity contribution in [1.82, 2.24) is 4.90 Å². The van der Waals surface area contributed by atoms with Crippen LogP contribution in [0.3, 0.4) is 0 Å². The molecule has 0 saturated carbocycles. The molecule has 0 aliphatic heterocycles. The number of allylic oxidation sites excluding steroid dienone is 3. The van der Waals surface area contributed by atoms with E-state index in [1.807, 2.05) is 6.08 Å². The van der Waals surface area contributed by atoms with E-state index in [4.69, 9.17) is 0 Å². The zero-order valence-electron chi connectivity index (χ0n) is 9.09. The Labute approximate surface area is 82.4 Å². The van der Waals surface area contributed by atoms with Crippen molar-refractivity contribution in [3.05, 3.63) is 36.5 Å². The molecule has 0 atom stereocenters. The average Bonchev–Trinajstić information content (AvgIpc) is 2.17. The highest BCUT2D eigenvalue weighted by Crippen LogP contribution is 1.95. The molecule has 0 unspecified atom stereocenters. The van der Waals surface area contributed by atoms with Gasteiger partial charge in [-0.2, -0.15) is 0 Å². The molecule has 0 heterocycles. The molecule has 74 valence electrons. The van der Waals surface area contributed by atoms with Crippen LogP contribution in [0.2, 0.25) is 0 Å². The molecule has 0 spiro atoms. The smallest absolute Gasteiger partial charge is 0.0171 e. The predicted octanol–water partition coefficient (Wildman–Crippen LogP) is 3.02. The maximum absolute atomic E-state index is 3.73. The first kappa shape index (κ1) is 12.2. The third kappa shape index (κ3) is 6.35. The summed E-state index contributed by atoms with van der Waals surface area (Å²) in [7, 11) is 0. The highest BCUT2D eigenvalue weighted by Gasteiger charge is 1.95. The van der Waals surface area contributed by atoms with Crippen molar-refractivity contribution in [3.8, 4) is 0 Å². The molecule has 1 heteroatoms. The van der Waals surface area contributed by atoms with Crippen molar-refractivity contribution >= 4 is 0 Å². The third-order valence-electron chi connectivity index (χ3n) is 2.04. The van der Waals surface area contributed by atoms with Crippen LogP contribution in [0.4, 0.5) is 0 Å². The molecule has 0 radical (unpaired) electrons. The minimum absolute atomic E-state index is 1.01. The van der Waals surface area contributed by atoms with E-state index in [1.54, 1.807) is 0 Å². The number of likely N-dealkylation sites (N-methyl/N-ethyl adjacent to an activating group) is 1. The van der Waals surface area contributed by atoms with Gasteiger partial charge in [0, 0.05) is 13.1 Å². The van der Waals surface area contributed by atoms with Crippen molar-refractivity contribution in [2.45, 2.75) is 20.8 Å². The Hall–Kier alpha value is -0.820. The number of hydrogen-bond donors (Lipinski definition) is 0. The Balaban J connectivity index is 3.90. The molecule has 0 aromatic carbocycles. The zero-order valence-corrected chi connectivity index (χ0v) is 9.09. The van der Waals surface area contributed by atoms with E-state index in [9.17, 15) is 0 Å². The summed E-state index contributed by atoms with van der Waals surface area (Å²) in [6.07, 6.45) is 8.37. The van der Waals surface area contributed by atoms with Crippen LogP contribution in [-0.2, 0) is 0 Å². The maximum Gasteiger partial charge on any atom is 0.0171 e. The summed E-state index contributed by atoms with van der Waals surface area (Å²) < 4.78 is 0. The Morgan fingerprint density at radius 2 is 2.08 bits per heavy atom. The van der Waals surface area contributed by atoms with E-state index in [0.717, 1.165) is 19.6 Å². The van der Waals surface area contributed by atoms with Gasteiger partial charge in [0.05, 0.1) is 0 Å². The fraction of sp³-hybridized carbons (Fsp3) is 0.500. The van der Waals surface area contributed by atoms with Gasteiger partial charge in [-0.3, -0.25) is 4.90 Å². The van der Waals surface area contributed by atoms with Crippen LogP contribution < -0.4 is 0 Å². The van der Waals surface area contributed by atoms with Crippen LogP contribution in [0.1, 0.15) is 20.8 Å². The van der Waals surface area contributed by atoms with Crippen molar-refractivity contribution in [2.75, 3.05) is 19.6 Å². The van der Waals surface area contributed by atoms with Gasteiger partial charge in [0.2, 0.25) is 0 Å². The summed E-state index contributed by atoms with van der Waals surface area (Å²) in [5, 5.41) is 0. The van der Waals surface area contributed by atoms with Gasteiger partial charge in [-0.25, -0.2) is 0 Å². The van der Waals surface area contributed by atoms with E-state index in [2.05, 4.69) is 50.5 Å². The van der Waals surface area contributed by atoms with Crippen LogP contribution in [0, 0.1) is 0 Å². The predicted molar refractivity (Wildman–Crippen MR) is 60.9 cm³/mol. The van der Waals surface area contributed by atoms with Gasteiger partial charge in [-0.1, -0.05) is 43.4 Å². The minimum Gasteiger partial charge on any atom is -0.296 e. The van der Waals surface area contributed by atoms with Gasteiger partial charge in [-0.15, -0.1) is 0 Å². The lowest BCUT2D eigenvalue weighted by Gasteiger charge is -2.16. The lowest BCUT2D eigenvalue weighted by Crippen LogP contribution is -2.23.